The first-order valence-electron chi connectivity index (χ1n) is 17.4. The quantitative estimate of drug-likeness (QED) is 0.0507. The number of oxime groups is 1. The molecule has 1 aliphatic carbocycles. The van der Waals surface area contributed by atoms with E-state index in [-0.39, 0.29) is 63.3 Å². The van der Waals surface area contributed by atoms with Crippen molar-refractivity contribution >= 4 is 80.8 Å². The number of phenols is 1. The van der Waals surface area contributed by atoms with Crippen LogP contribution in [0.5, 0.6) is 5.75 Å². The summed E-state index contributed by atoms with van der Waals surface area (Å²) in [6.45, 7) is 0.292. The van der Waals surface area contributed by atoms with Crippen LogP contribution in [0.4, 0.5) is 10.8 Å². The molecular weight excluding hydrogens is 772 g/mol. The number of benzene rings is 1. The number of hydrogen-bond acceptors (Lipinski definition) is 13. The van der Waals surface area contributed by atoms with E-state index in [1.165, 1.54) is 42.4 Å². The van der Waals surface area contributed by atoms with Crippen LogP contribution in [-0.2, 0) is 28.8 Å². The highest BCUT2D eigenvalue weighted by Gasteiger charge is 2.55. The minimum absolute atomic E-state index is 0.0275. The van der Waals surface area contributed by atoms with Gasteiger partial charge in [-0.1, -0.05) is 16.8 Å². The van der Waals surface area contributed by atoms with Gasteiger partial charge in [-0.2, -0.15) is 0 Å². The number of β-lactam (4-membered cyclic amide) rings is 1. The Bertz CT molecular complexity index is 2150. The smallest absolute Gasteiger partial charge is 0.352 e. The molecule has 1 aromatic carbocycles. The fourth-order valence-corrected chi connectivity index (χ4v) is 9.20. The van der Waals surface area contributed by atoms with Crippen molar-refractivity contribution in [3.63, 3.8) is 0 Å². The van der Waals surface area contributed by atoms with Crippen molar-refractivity contribution in [3.8, 4) is 5.75 Å². The molecule has 7 rings (SSSR count). The molecule has 3 aromatic rings. The number of rotatable bonds is 12. The number of hydrogen-bond donors (Lipinski definition) is 6. The lowest BCUT2D eigenvalue weighted by molar-refractivity contribution is -0.150. The Kier molecular flexibility index (Phi) is 11.1. The van der Waals surface area contributed by atoms with Crippen molar-refractivity contribution in [3.05, 3.63) is 86.8 Å². The first-order valence-corrected chi connectivity index (χ1v) is 19.7. The van der Waals surface area contributed by atoms with Crippen molar-refractivity contribution in [2.24, 2.45) is 5.16 Å². The van der Waals surface area contributed by atoms with E-state index in [0.29, 0.717) is 28.9 Å². The summed E-state index contributed by atoms with van der Waals surface area (Å²) < 4.78 is 0. The van der Waals surface area contributed by atoms with Crippen LogP contribution in [0.1, 0.15) is 55.7 Å². The summed E-state index contributed by atoms with van der Waals surface area (Å²) in [4.78, 5) is 82.9. The van der Waals surface area contributed by atoms with Gasteiger partial charge >= 0.3 is 5.97 Å². The van der Waals surface area contributed by atoms with Gasteiger partial charge < -0.3 is 36.7 Å². The normalized spacial score (nSPS) is 21.4. The second-order valence-electron chi connectivity index (χ2n) is 13.2. The van der Waals surface area contributed by atoms with Gasteiger partial charge in [0.15, 0.2) is 10.8 Å². The minimum Gasteiger partial charge on any atom is -0.506 e. The highest BCUT2D eigenvalue weighted by Crippen LogP contribution is 2.47. The fourth-order valence-electron chi connectivity index (χ4n) is 7.10. The lowest BCUT2D eigenvalue weighted by Crippen LogP contribution is -2.71. The summed E-state index contributed by atoms with van der Waals surface area (Å²) in [7, 11) is 0. The summed E-state index contributed by atoms with van der Waals surface area (Å²) in [5.41, 5.74) is 7.19. The van der Waals surface area contributed by atoms with Gasteiger partial charge in [0.1, 0.15) is 34.7 Å². The predicted octanol–water partition coefficient (Wildman–Crippen LogP) is 3.51. The van der Waals surface area contributed by atoms with Gasteiger partial charge in [0.2, 0.25) is 11.8 Å². The summed E-state index contributed by atoms with van der Waals surface area (Å²) in [5.74, 6) is -4.74. The van der Waals surface area contributed by atoms with E-state index >= 15 is 0 Å². The molecule has 4 amide bonds. The van der Waals surface area contributed by atoms with Gasteiger partial charge in [-0.3, -0.25) is 29.1 Å². The van der Waals surface area contributed by atoms with Gasteiger partial charge in [-0.15, -0.1) is 23.1 Å². The number of nitrogens with two attached hydrogens (primary N) is 1. The summed E-state index contributed by atoms with van der Waals surface area (Å²) in [5, 5.41) is 33.9. The number of nitrogens with one attached hydrogen (secondary N) is 3. The van der Waals surface area contributed by atoms with Crippen LogP contribution in [0.25, 0.3) is 0 Å². The molecule has 5 heterocycles. The van der Waals surface area contributed by atoms with Crippen LogP contribution in [0.2, 0.25) is 5.02 Å². The second kappa shape index (κ2) is 16.1. The molecule has 19 heteroatoms. The Hall–Kier alpha value is -5.46. The number of thiazole rings is 1. The minimum atomic E-state index is -1.42. The monoisotopic (exact) mass is 806 g/mol. The zero-order valence-electron chi connectivity index (χ0n) is 29.0. The first kappa shape index (κ1) is 37.8. The summed E-state index contributed by atoms with van der Waals surface area (Å²) >= 11 is 8.39. The molecule has 3 atom stereocenters. The SMILES string of the molecule is Nc1nc(C(=NOC2CCCC2)C(=O)N[C@@H]2C(=O)N3C(C(=O)O)=C(C(=C4CCNC4=O)C(CC(=O)Nc4ccc(O)c(Cl)c4)c4ccncc4)CS[C@H]23)cs1. The van der Waals surface area contributed by atoms with Crippen LogP contribution in [0.15, 0.2) is 75.7 Å². The second-order valence-corrected chi connectivity index (χ2v) is 15.6. The maximum Gasteiger partial charge on any atom is 0.352 e. The van der Waals surface area contributed by atoms with Gasteiger partial charge in [-0.25, -0.2) is 9.78 Å². The number of nitrogens with zero attached hydrogens (tertiary/aromatic N) is 4. The summed E-state index contributed by atoms with van der Waals surface area (Å²) in [6, 6.07) is 6.42. The van der Waals surface area contributed by atoms with Crippen LogP contribution in [0.3, 0.4) is 0 Å². The molecule has 1 saturated carbocycles. The number of carboxylic acids is 1. The van der Waals surface area contributed by atoms with Crippen molar-refractivity contribution < 1.29 is 39.0 Å². The average Bonchev–Trinajstić information content (AvgIpc) is 3.95. The van der Waals surface area contributed by atoms with E-state index in [1.807, 2.05) is 0 Å². The number of fused-ring (bicyclic) bond motifs is 1. The maximum atomic E-state index is 13.9. The third-order valence-electron chi connectivity index (χ3n) is 9.70. The highest BCUT2D eigenvalue weighted by molar-refractivity contribution is 8.00. The number of nitrogen functional groups attached to an aromatic ring is 1. The number of halogens is 1. The Morgan fingerprint density at radius 1 is 1.16 bits per heavy atom. The molecule has 16 nitrogen and oxygen atoms in total. The number of allylic oxidation sites excluding steroid dienone is 1. The molecule has 1 unspecified atom stereocenters. The Morgan fingerprint density at radius 2 is 1.93 bits per heavy atom. The first-order chi connectivity index (χ1) is 26.5. The number of carbonyl (C=O) groups excluding carboxylic acids is 4. The molecule has 55 heavy (non-hydrogen) atoms. The van der Waals surface area contributed by atoms with Crippen molar-refractivity contribution in [1.29, 1.82) is 0 Å². The van der Waals surface area contributed by atoms with Crippen LogP contribution in [0, 0.1) is 0 Å². The molecule has 3 fully saturated rings. The number of carboxylic acid groups (broad SMARTS) is 1. The number of carbonyl (C=O) groups is 5. The lowest BCUT2D eigenvalue weighted by Gasteiger charge is -2.50. The number of aromatic nitrogens is 2. The third-order valence-corrected chi connectivity index (χ3v) is 12.0. The molecule has 2 aromatic heterocycles. The Balaban J connectivity index is 1.21. The number of pyridine rings is 1. The summed E-state index contributed by atoms with van der Waals surface area (Å²) in [6.07, 6.45) is 6.44. The van der Waals surface area contributed by atoms with E-state index in [0.717, 1.165) is 41.9 Å². The van der Waals surface area contributed by atoms with Crippen molar-refractivity contribution in [1.82, 2.24) is 25.5 Å². The van der Waals surface area contributed by atoms with Gasteiger partial charge in [0.25, 0.3) is 11.8 Å². The topological polar surface area (TPSA) is 239 Å². The molecule has 7 N–H and O–H groups in total. The number of anilines is 2. The third kappa shape index (κ3) is 7.88. The highest BCUT2D eigenvalue weighted by atomic mass is 35.5. The molecule has 2 saturated heterocycles. The van der Waals surface area contributed by atoms with E-state index in [1.54, 1.807) is 17.5 Å². The molecule has 4 aliphatic rings. The number of amides is 4. The molecule has 0 radical (unpaired) electrons. The maximum absolute atomic E-state index is 13.9. The number of aliphatic carboxylic acids is 1. The number of phenolic OH excluding ortho intramolecular Hbond substituents is 1. The van der Waals surface area contributed by atoms with E-state index in [4.69, 9.17) is 22.2 Å². The number of aromatic hydroxyl groups is 1. The fraction of sp³-hybridized carbons (Fsp3) is 0.333. The van der Waals surface area contributed by atoms with Crippen LogP contribution < -0.4 is 21.7 Å². The Morgan fingerprint density at radius 3 is 2.58 bits per heavy atom. The number of thioether (sulfide) groups is 1. The average molecular weight is 807 g/mol. The zero-order valence-corrected chi connectivity index (χ0v) is 31.4. The van der Waals surface area contributed by atoms with Gasteiger partial charge in [0.05, 0.1) is 5.02 Å². The van der Waals surface area contributed by atoms with Gasteiger partial charge in [-0.05, 0) is 79.1 Å². The molecular formula is C36H35ClN8O8S2. The Labute approximate surface area is 327 Å². The largest absolute Gasteiger partial charge is 0.506 e. The molecule has 0 bridgehead atoms. The van der Waals surface area contributed by atoms with Crippen LogP contribution >= 0.6 is 34.7 Å². The van der Waals surface area contributed by atoms with Gasteiger partial charge in [0, 0.05) is 53.7 Å². The molecule has 286 valence electrons. The lowest BCUT2D eigenvalue weighted by atomic mass is 9.80. The predicted molar refractivity (Wildman–Crippen MR) is 204 cm³/mol. The zero-order chi connectivity index (χ0) is 38.8. The standard InChI is InChI=1S/C36H35ClN8O8S2/c37-23-13-18(5-6-25(23)46)41-26(47)14-21(17-7-10-39-11-8-17)27(20-9-12-40-31(20)48)22-15-54-34-29(33(50)45(34)30(22)35(51)52)43-32(49)28(24-16-55-36(38)42-24)44-53-19-3-1-2-4-19/h5-8,10-11,13,16,19,21,29,34,46H,1-4,9,12,14-15H2,(H2,38,42)(H,40,48)(H,41,47)(H,43,49)(H,51,52)/t21?,29-,34-/m1/s1. The van der Waals surface area contributed by atoms with Crippen molar-refractivity contribution in [2.45, 2.75) is 62.0 Å². The molecule has 3 aliphatic heterocycles. The van der Waals surface area contributed by atoms with Crippen LogP contribution in [-0.4, -0.2) is 90.2 Å². The van der Waals surface area contributed by atoms with E-state index in [2.05, 4.69) is 31.1 Å². The molecule has 0 spiro atoms. The van der Waals surface area contributed by atoms with E-state index in [9.17, 15) is 34.2 Å². The van der Waals surface area contributed by atoms with Crippen molar-refractivity contribution in [2.75, 3.05) is 23.3 Å². The van der Waals surface area contributed by atoms with E-state index < -0.39 is 46.9 Å².